The molecule has 0 atom stereocenters. The number of benzene rings is 2. The molecule has 1 aliphatic heterocycles. The number of hydrogen-bond donors (Lipinski definition) is 0. The van der Waals surface area contributed by atoms with Gasteiger partial charge in [0.05, 0.1) is 20.3 Å². The van der Waals surface area contributed by atoms with Gasteiger partial charge in [0.1, 0.15) is 11.5 Å². The number of aromatic nitrogens is 2. The first kappa shape index (κ1) is 26.9. The maximum atomic E-state index is 12.6. The second-order valence-electron chi connectivity index (χ2n) is 10.1. The highest BCUT2D eigenvalue weighted by molar-refractivity contribution is 5.81. The number of ether oxygens (including phenoxy) is 2. The van der Waals surface area contributed by atoms with Gasteiger partial charge in [-0.3, -0.25) is 14.7 Å². The van der Waals surface area contributed by atoms with Crippen LogP contribution < -0.4 is 4.74 Å². The van der Waals surface area contributed by atoms with E-state index in [1.807, 2.05) is 30.5 Å². The summed E-state index contributed by atoms with van der Waals surface area (Å²) in [7, 11) is 1.71. The normalized spacial score (nSPS) is 13.9. The van der Waals surface area contributed by atoms with Crippen molar-refractivity contribution in [3.05, 3.63) is 102 Å². The third-order valence-corrected chi connectivity index (χ3v) is 7.37. The Labute approximate surface area is 231 Å². The molecule has 39 heavy (non-hydrogen) atoms. The number of morpholine rings is 1. The Kier molecular flexibility index (Phi) is 9.20. The standard InChI is InChI=1S/C33H37N3O3/c1-38-32-8-2-6-28(22-32)33-25-36(24-29(33)7-4-16-35-17-19-39-20-18-35)30-12-9-26(10-13-30)21-31(37)14-11-27-5-3-15-34-23-27/h2-3,5-6,8-10,12-13,15,22-25H,4,7,11,14,16-21H2,1H3. The SMILES string of the molecule is COc1cccc(-c2cn(-c3ccc(CC(=O)CCc4cccnc4)cc3)cc2CCCN2CCOCC2)c1. The van der Waals surface area contributed by atoms with Crippen molar-refractivity contribution in [1.29, 1.82) is 0 Å². The summed E-state index contributed by atoms with van der Waals surface area (Å²) in [6.45, 7) is 4.77. The van der Waals surface area contributed by atoms with Crippen LogP contribution in [0, 0.1) is 0 Å². The highest BCUT2D eigenvalue weighted by atomic mass is 16.5. The number of aryl methyl sites for hydroxylation is 2. The molecule has 3 heterocycles. The van der Waals surface area contributed by atoms with Crippen LogP contribution in [0.25, 0.3) is 16.8 Å². The molecule has 0 bridgehead atoms. The third kappa shape index (κ3) is 7.43. The second kappa shape index (κ2) is 13.4. The van der Waals surface area contributed by atoms with Gasteiger partial charge in [0, 0.05) is 62.0 Å². The monoisotopic (exact) mass is 523 g/mol. The van der Waals surface area contributed by atoms with E-state index in [-0.39, 0.29) is 5.78 Å². The van der Waals surface area contributed by atoms with Crippen molar-refractivity contribution in [3.8, 4) is 22.6 Å². The molecule has 1 saturated heterocycles. The number of carbonyl (C=O) groups excluding carboxylic acids is 1. The molecule has 2 aromatic carbocycles. The van der Waals surface area contributed by atoms with Gasteiger partial charge in [-0.15, -0.1) is 0 Å². The first-order valence-electron chi connectivity index (χ1n) is 13.8. The number of ketones is 1. The summed E-state index contributed by atoms with van der Waals surface area (Å²) in [5.41, 5.74) is 6.94. The highest BCUT2D eigenvalue weighted by Gasteiger charge is 2.14. The predicted octanol–water partition coefficient (Wildman–Crippen LogP) is 5.56. The first-order valence-corrected chi connectivity index (χ1v) is 13.8. The minimum Gasteiger partial charge on any atom is -0.497 e. The molecule has 0 amide bonds. The van der Waals surface area contributed by atoms with E-state index in [2.05, 4.69) is 63.2 Å². The smallest absolute Gasteiger partial charge is 0.137 e. The van der Waals surface area contributed by atoms with E-state index in [1.54, 1.807) is 13.3 Å². The van der Waals surface area contributed by atoms with E-state index < -0.39 is 0 Å². The summed E-state index contributed by atoms with van der Waals surface area (Å²) in [5, 5.41) is 0. The van der Waals surface area contributed by atoms with Gasteiger partial charge in [0.15, 0.2) is 0 Å². The Balaban J connectivity index is 1.28. The van der Waals surface area contributed by atoms with Gasteiger partial charge in [0.25, 0.3) is 0 Å². The lowest BCUT2D eigenvalue weighted by Crippen LogP contribution is -2.36. The van der Waals surface area contributed by atoms with Crippen molar-refractivity contribution in [3.63, 3.8) is 0 Å². The number of methoxy groups -OCH3 is 1. The molecule has 1 fully saturated rings. The Morgan fingerprint density at radius 3 is 2.59 bits per heavy atom. The Morgan fingerprint density at radius 2 is 1.82 bits per heavy atom. The van der Waals surface area contributed by atoms with E-state index in [4.69, 9.17) is 9.47 Å². The summed E-state index contributed by atoms with van der Waals surface area (Å²) in [4.78, 5) is 19.2. The van der Waals surface area contributed by atoms with Crippen LogP contribution in [-0.4, -0.2) is 60.2 Å². The molecule has 0 spiro atoms. The van der Waals surface area contributed by atoms with Crippen LogP contribution >= 0.6 is 0 Å². The summed E-state index contributed by atoms with van der Waals surface area (Å²) >= 11 is 0. The Hall–Kier alpha value is -3.74. The lowest BCUT2D eigenvalue weighted by molar-refractivity contribution is -0.118. The molecular formula is C33H37N3O3. The summed E-state index contributed by atoms with van der Waals surface area (Å²) in [6.07, 6.45) is 11.9. The summed E-state index contributed by atoms with van der Waals surface area (Å²) < 4.78 is 13.2. The zero-order valence-electron chi connectivity index (χ0n) is 22.7. The molecule has 0 aliphatic carbocycles. The van der Waals surface area contributed by atoms with E-state index >= 15 is 0 Å². The first-order chi connectivity index (χ1) is 19.2. The fourth-order valence-corrected chi connectivity index (χ4v) is 5.15. The quantitative estimate of drug-likeness (QED) is 0.243. The average Bonchev–Trinajstić information content (AvgIpc) is 3.42. The number of Topliss-reactive ketones (excluding diaryl/α,β-unsaturated/α-hetero) is 1. The van der Waals surface area contributed by atoms with Gasteiger partial charge < -0.3 is 14.0 Å². The van der Waals surface area contributed by atoms with Crippen molar-refractivity contribution < 1.29 is 14.3 Å². The second-order valence-corrected chi connectivity index (χ2v) is 10.1. The Morgan fingerprint density at radius 1 is 0.974 bits per heavy atom. The van der Waals surface area contributed by atoms with Crippen molar-refractivity contribution in [2.75, 3.05) is 40.0 Å². The van der Waals surface area contributed by atoms with Gasteiger partial charge in [-0.2, -0.15) is 0 Å². The van der Waals surface area contributed by atoms with Crippen molar-refractivity contribution in [1.82, 2.24) is 14.5 Å². The molecule has 4 aromatic rings. The summed E-state index contributed by atoms with van der Waals surface area (Å²) in [6, 6.07) is 20.6. The third-order valence-electron chi connectivity index (χ3n) is 7.37. The lowest BCUT2D eigenvalue weighted by atomic mass is 10.0. The van der Waals surface area contributed by atoms with Crippen molar-refractivity contribution in [2.24, 2.45) is 0 Å². The minimum atomic E-state index is 0.246. The predicted molar refractivity (Wildman–Crippen MR) is 155 cm³/mol. The molecule has 6 heteroatoms. The Bertz CT molecular complexity index is 1340. The largest absolute Gasteiger partial charge is 0.497 e. The van der Waals surface area contributed by atoms with Crippen LogP contribution in [0.15, 0.2) is 85.5 Å². The molecule has 1 aliphatic rings. The van der Waals surface area contributed by atoms with E-state index in [0.29, 0.717) is 12.8 Å². The maximum absolute atomic E-state index is 12.6. The van der Waals surface area contributed by atoms with Gasteiger partial charge in [-0.25, -0.2) is 0 Å². The molecule has 0 N–H and O–H groups in total. The number of rotatable bonds is 12. The van der Waals surface area contributed by atoms with Crippen LogP contribution in [0.2, 0.25) is 0 Å². The number of pyridine rings is 1. The van der Waals surface area contributed by atoms with Gasteiger partial charge in [0.2, 0.25) is 0 Å². The van der Waals surface area contributed by atoms with E-state index in [0.717, 1.165) is 80.2 Å². The lowest BCUT2D eigenvalue weighted by Gasteiger charge is -2.26. The molecular weight excluding hydrogens is 486 g/mol. The van der Waals surface area contributed by atoms with Crippen LogP contribution in [0.3, 0.4) is 0 Å². The number of carbonyl (C=O) groups is 1. The molecule has 0 radical (unpaired) electrons. The summed E-state index contributed by atoms with van der Waals surface area (Å²) in [5.74, 6) is 1.10. The molecule has 0 saturated carbocycles. The van der Waals surface area contributed by atoms with Gasteiger partial charge >= 0.3 is 0 Å². The maximum Gasteiger partial charge on any atom is 0.137 e. The fraction of sp³-hybridized carbons (Fsp3) is 0.333. The zero-order chi connectivity index (χ0) is 26.9. The number of nitrogens with zero attached hydrogens (tertiary/aromatic N) is 3. The van der Waals surface area contributed by atoms with Crippen LogP contribution in [0.4, 0.5) is 0 Å². The minimum absolute atomic E-state index is 0.246. The average molecular weight is 524 g/mol. The zero-order valence-corrected chi connectivity index (χ0v) is 22.7. The highest BCUT2D eigenvalue weighted by Crippen LogP contribution is 2.30. The van der Waals surface area contributed by atoms with Gasteiger partial charge in [-0.05, 0) is 78.4 Å². The molecule has 0 unspecified atom stereocenters. The van der Waals surface area contributed by atoms with Crippen molar-refractivity contribution >= 4 is 5.78 Å². The van der Waals surface area contributed by atoms with Crippen LogP contribution in [0.1, 0.15) is 29.5 Å². The molecule has 2 aromatic heterocycles. The van der Waals surface area contributed by atoms with E-state index in [1.165, 1.54) is 11.1 Å². The topological polar surface area (TPSA) is 56.6 Å². The van der Waals surface area contributed by atoms with Crippen LogP contribution in [0.5, 0.6) is 5.75 Å². The van der Waals surface area contributed by atoms with Crippen molar-refractivity contribution in [2.45, 2.75) is 32.1 Å². The molecule has 5 rings (SSSR count). The van der Waals surface area contributed by atoms with Crippen LogP contribution in [-0.2, 0) is 28.8 Å². The van der Waals surface area contributed by atoms with Gasteiger partial charge in [-0.1, -0.05) is 30.3 Å². The van der Waals surface area contributed by atoms with E-state index in [9.17, 15) is 4.79 Å². The number of hydrogen-bond acceptors (Lipinski definition) is 5. The fourth-order valence-electron chi connectivity index (χ4n) is 5.15. The molecule has 6 nitrogen and oxygen atoms in total. The molecule has 202 valence electrons.